The number of nitrogens with zero attached hydrogens (tertiary/aromatic N) is 1. The van der Waals surface area contributed by atoms with Gasteiger partial charge in [-0.05, 0) is 34.1 Å². The van der Waals surface area contributed by atoms with Crippen LogP contribution in [0.5, 0.6) is 0 Å². The maximum atomic E-state index is 11.4. The van der Waals surface area contributed by atoms with Gasteiger partial charge in [-0.25, -0.2) is 4.79 Å². The lowest BCUT2D eigenvalue weighted by Gasteiger charge is -2.26. The van der Waals surface area contributed by atoms with Crippen molar-refractivity contribution in [3.63, 3.8) is 0 Å². The van der Waals surface area contributed by atoms with Gasteiger partial charge in [0, 0.05) is 0 Å². The van der Waals surface area contributed by atoms with E-state index < -0.39 is 17.2 Å². The monoisotopic (exact) mass is 212 g/mol. The van der Waals surface area contributed by atoms with Gasteiger partial charge in [0.2, 0.25) is 0 Å². The molecule has 0 aromatic carbocycles. The third-order valence-corrected chi connectivity index (χ3v) is 1.77. The summed E-state index contributed by atoms with van der Waals surface area (Å²) < 4.78 is 5.08. The Labute approximate surface area is 91.6 Å². The minimum atomic E-state index is -0.836. The molecule has 0 aliphatic carbocycles. The van der Waals surface area contributed by atoms with Gasteiger partial charge in [-0.1, -0.05) is 13.3 Å². The van der Waals surface area contributed by atoms with Crippen LogP contribution in [0.25, 0.3) is 0 Å². The van der Waals surface area contributed by atoms with Crippen molar-refractivity contribution >= 4 is 6.09 Å². The molecular weight excluding hydrogens is 192 g/mol. The molecule has 4 heteroatoms. The number of carbonyl (C=O) groups is 1. The molecular formula is C11H20N2O2. The summed E-state index contributed by atoms with van der Waals surface area (Å²) >= 11 is 0. The van der Waals surface area contributed by atoms with E-state index in [1.165, 1.54) is 0 Å². The van der Waals surface area contributed by atoms with Crippen LogP contribution in [0, 0.1) is 11.3 Å². The molecule has 15 heavy (non-hydrogen) atoms. The number of hydrogen-bond donors (Lipinski definition) is 1. The summed E-state index contributed by atoms with van der Waals surface area (Å²) in [5.41, 5.74) is -1.37. The standard InChI is InChI=1S/C11H20N2O2/c1-6-7-11(5,8-12)13-9(14)15-10(2,3)4/h6-7H2,1-5H3,(H,13,14). The van der Waals surface area contributed by atoms with Crippen LogP contribution in [-0.2, 0) is 4.74 Å². The molecule has 0 aromatic rings. The van der Waals surface area contributed by atoms with Gasteiger partial charge >= 0.3 is 6.09 Å². The second kappa shape index (κ2) is 5.01. The number of rotatable bonds is 3. The normalized spacial score (nSPS) is 14.9. The minimum Gasteiger partial charge on any atom is -0.444 e. The van der Waals surface area contributed by atoms with Crippen LogP contribution in [0.2, 0.25) is 0 Å². The van der Waals surface area contributed by atoms with Crippen molar-refractivity contribution in [2.24, 2.45) is 0 Å². The smallest absolute Gasteiger partial charge is 0.408 e. The van der Waals surface area contributed by atoms with E-state index in [0.29, 0.717) is 6.42 Å². The summed E-state index contributed by atoms with van der Waals surface area (Å²) in [6.45, 7) is 9.02. The fraction of sp³-hybridized carbons (Fsp3) is 0.818. The molecule has 1 unspecified atom stereocenters. The van der Waals surface area contributed by atoms with Gasteiger partial charge in [0.05, 0.1) is 6.07 Å². The topological polar surface area (TPSA) is 62.1 Å². The van der Waals surface area contributed by atoms with Gasteiger partial charge in [-0.3, -0.25) is 0 Å². The molecule has 0 saturated carbocycles. The summed E-state index contributed by atoms with van der Waals surface area (Å²) in [5, 5.41) is 11.5. The number of ether oxygens (including phenoxy) is 1. The first-order chi connectivity index (χ1) is 6.72. The van der Waals surface area contributed by atoms with Crippen LogP contribution >= 0.6 is 0 Å². The van der Waals surface area contributed by atoms with Gasteiger partial charge in [0.1, 0.15) is 11.1 Å². The Kier molecular flexibility index (Phi) is 4.60. The minimum absolute atomic E-state index is 0.535. The zero-order chi connectivity index (χ0) is 12.1. The van der Waals surface area contributed by atoms with E-state index >= 15 is 0 Å². The molecule has 0 saturated heterocycles. The van der Waals surface area contributed by atoms with Crippen LogP contribution < -0.4 is 5.32 Å². The lowest BCUT2D eigenvalue weighted by atomic mass is 9.99. The largest absolute Gasteiger partial charge is 0.444 e. The van der Waals surface area contributed by atoms with Gasteiger partial charge < -0.3 is 10.1 Å². The number of alkyl carbamates (subject to hydrolysis) is 1. The highest BCUT2D eigenvalue weighted by atomic mass is 16.6. The van der Waals surface area contributed by atoms with Gasteiger partial charge in [-0.15, -0.1) is 0 Å². The van der Waals surface area contributed by atoms with Crippen molar-refractivity contribution in [1.29, 1.82) is 5.26 Å². The Hall–Kier alpha value is -1.24. The van der Waals surface area contributed by atoms with E-state index in [0.717, 1.165) is 6.42 Å². The maximum absolute atomic E-state index is 11.4. The first kappa shape index (κ1) is 13.8. The number of carbonyl (C=O) groups excluding carboxylic acids is 1. The molecule has 0 spiro atoms. The lowest BCUT2D eigenvalue weighted by molar-refractivity contribution is 0.0483. The van der Waals surface area contributed by atoms with Crippen molar-refractivity contribution in [2.75, 3.05) is 0 Å². The van der Waals surface area contributed by atoms with E-state index in [2.05, 4.69) is 11.4 Å². The summed E-state index contributed by atoms with van der Waals surface area (Å²) in [5.74, 6) is 0. The molecule has 0 bridgehead atoms. The van der Waals surface area contributed by atoms with Crippen molar-refractivity contribution in [1.82, 2.24) is 5.32 Å². The molecule has 0 radical (unpaired) electrons. The second-order valence-corrected chi connectivity index (χ2v) is 4.82. The highest BCUT2D eigenvalue weighted by Gasteiger charge is 2.27. The average molecular weight is 212 g/mol. The van der Waals surface area contributed by atoms with Gasteiger partial charge in [0.25, 0.3) is 0 Å². The number of nitriles is 1. The number of nitrogens with one attached hydrogen (secondary N) is 1. The molecule has 0 aromatic heterocycles. The first-order valence-corrected chi connectivity index (χ1v) is 5.15. The van der Waals surface area contributed by atoms with E-state index in [1.807, 2.05) is 6.92 Å². The Morgan fingerprint density at radius 2 is 1.93 bits per heavy atom. The van der Waals surface area contributed by atoms with Crippen LogP contribution in [0.4, 0.5) is 4.79 Å². The van der Waals surface area contributed by atoms with Crippen LogP contribution in [-0.4, -0.2) is 17.2 Å². The third-order valence-electron chi connectivity index (χ3n) is 1.77. The molecule has 0 aliphatic rings. The van der Waals surface area contributed by atoms with Crippen LogP contribution in [0.3, 0.4) is 0 Å². The predicted octanol–water partition coefficient (Wildman–Crippen LogP) is 2.59. The number of amides is 1. The van der Waals surface area contributed by atoms with Gasteiger partial charge in [0.15, 0.2) is 0 Å². The lowest BCUT2D eigenvalue weighted by Crippen LogP contribution is -2.46. The van der Waals surface area contributed by atoms with E-state index in [4.69, 9.17) is 10.00 Å². The third kappa shape index (κ3) is 5.95. The first-order valence-electron chi connectivity index (χ1n) is 5.15. The van der Waals surface area contributed by atoms with E-state index in [1.54, 1.807) is 27.7 Å². The molecule has 1 amide bonds. The summed E-state index contributed by atoms with van der Waals surface area (Å²) in [6, 6.07) is 2.08. The van der Waals surface area contributed by atoms with Crippen molar-refractivity contribution in [2.45, 2.75) is 58.6 Å². The van der Waals surface area contributed by atoms with Crippen molar-refractivity contribution in [3.05, 3.63) is 0 Å². The van der Waals surface area contributed by atoms with Gasteiger partial charge in [-0.2, -0.15) is 5.26 Å². The molecule has 1 N–H and O–H groups in total. The molecule has 86 valence electrons. The summed E-state index contributed by atoms with van der Waals surface area (Å²) in [4.78, 5) is 11.4. The fourth-order valence-corrected chi connectivity index (χ4v) is 1.18. The highest BCUT2D eigenvalue weighted by molar-refractivity contribution is 5.69. The molecule has 0 aliphatic heterocycles. The molecule has 4 nitrogen and oxygen atoms in total. The molecule has 0 rings (SSSR count). The Morgan fingerprint density at radius 1 is 1.40 bits per heavy atom. The predicted molar refractivity (Wildman–Crippen MR) is 58.3 cm³/mol. The summed E-state index contributed by atoms with van der Waals surface area (Å²) in [6.07, 6.45) is 0.905. The second-order valence-electron chi connectivity index (χ2n) is 4.82. The molecule has 0 fully saturated rings. The zero-order valence-electron chi connectivity index (χ0n) is 10.2. The highest BCUT2D eigenvalue weighted by Crippen LogP contribution is 2.13. The Morgan fingerprint density at radius 3 is 2.27 bits per heavy atom. The fourth-order valence-electron chi connectivity index (χ4n) is 1.18. The summed E-state index contributed by atoms with van der Waals surface area (Å²) in [7, 11) is 0. The van der Waals surface area contributed by atoms with Crippen LogP contribution in [0.1, 0.15) is 47.5 Å². The van der Waals surface area contributed by atoms with E-state index in [-0.39, 0.29) is 0 Å². The van der Waals surface area contributed by atoms with Crippen LogP contribution in [0.15, 0.2) is 0 Å². The van der Waals surface area contributed by atoms with Crippen molar-refractivity contribution < 1.29 is 9.53 Å². The molecule has 1 atom stereocenters. The quantitative estimate of drug-likeness (QED) is 0.782. The van der Waals surface area contributed by atoms with E-state index in [9.17, 15) is 4.79 Å². The Balaban J connectivity index is 4.33. The number of hydrogen-bond acceptors (Lipinski definition) is 3. The van der Waals surface area contributed by atoms with Crippen molar-refractivity contribution in [3.8, 4) is 6.07 Å². The zero-order valence-corrected chi connectivity index (χ0v) is 10.2. The Bertz CT molecular complexity index is 263. The maximum Gasteiger partial charge on any atom is 0.408 e. The average Bonchev–Trinajstić information content (AvgIpc) is 2.00. The molecule has 0 heterocycles. The SMILES string of the molecule is CCCC(C)(C#N)NC(=O)OC(C)(C)C.